The fourth-order valence-electron chi connectivity index (χ4n) is 4.25. The van der Waals surface area contributed by atoms with Gasteiger partial charge in [-0.25, -0.2) is 4.79 Å². The highest BCUT2D eigenvalue weighted by molar-refractivity contribution is 5.74. The minimum absolute atomic E-state index is 0.0490. The average Bonchev–Trinajstić information content (AvgIpc) is 3.32. The Balaban J connectivity index is 1.59. The van der Waals surface area contributed by atoms with E-state index in [4.69, 9.17) is 24.7 Å². The smallest absolute Gasteiger partial charge is 0.415 e. The minimum Gasteiger partial charge on any atom is -0.497 e. The van der Waals surface area contributed by atoms with Crippen LogP contribution < -0.4 is 19.9 Å². The number of morpholine rings is 1. The second-order valence-corrected chi connectivity index (χ2v) is 7.98. The highest BCUT2D eigenvalue weighted by Crippen LogP contribution is 2.48. The molecule has 3 N–H and O–H groups in total. The fraction of sp³-hybridized carbons (Fsp3) is 0.240. The van der Waals surface area contributed by atoms with Gasteiger partial charge in [-0.1, -0.05) is 18.2 Å². The molecule has 2 aliphatic rings. The van der Waals surface area contributed by atoms with Crippen molar-refractivity contribution in [1.29, 1.82) is 5.26 Å². The van der Waals surface area contributed by atoms with Gasteiger partial charge in [0.25, 0.3) is 0 Å². The van der Waals surface area contributed by atoms with Crippen LogP contribution in [0.25, 0.3) is 11.3 Å². The summed E-state index contributed by atoms with van der Waals surface area (Å²) in [6.07, 6.45) is -0.480. The standard InChI is InChI=1S/C25H23N5O5/c1-32-16-8-6-15(7-9-16)22-21-20(18(14-26)23(27)35-24(21)29-28-22)17-4-2-3-5-19(17)34-25(31)30-10-12-33-13-11-30/h2-9,20H,10-13,27H2,1H3,(H,28,29)/t20-/m1/s1. The number of carbonyl (C=O) groups is 1. The van der Waals surface area contributed by atoms with Gasteiger partial charge in [-0.2, -0.15) is 5.26 Å². The van der Waals surface area contributed by atoms with Crippen LogP contribution in [0.4, 0.5) is 4.79 Å². The van der Waals surface area contributed by atoms with Gasteiger partial charge in [0, 0.05) is 24.2 Å². The minimum atomic E-state index is -0.673. The Morgan fingerprint density at radius 3 is 2.66 bits per heavy atom. The van der Waals surface area contributed by atoms with Gasteiger partial charge < -0.3 is 29.6 Å². The molecule has 3 aromatic rings. The molecule has 1 amide bonds. The van der Waals surface area contributed by atoms with Crippen molar-refractivity contribution >= 4 is 6.09 Å². The van der Waals surface area contributed by atoms with Crippen molar-refractivity contribution in [2.45, 2.75) is 5.92 Å². The lowest BCUT2D eigenvalue weighted by Crippen LogP contribution is -2.42. The first kappa shape index (κ1) is 22.3. The number of methoxy groups -OCH3 is 1. The maximum atomic E-state index is 12.9. The Morgan fingerprint density at radius 2 is 1.94 bits per heavy atom. The van der Waals surface area contributed by atoms with Gasteiger partial charge in [0.05, 0.1) is 37.5 Å². The molecule has 1 aromatic heterocycles. The third kappa shape index (κ3) is 4.13. The van der Waals surface area contributed by atoms with E-state index in [0.717, 1.165) is 5.56 Å². The molecule has 0 unspecified atom stereocenters. The number of H-pyrrole nitrogens is 1. The third-order valence-corrected chi connectivity index (χ3v) is 6.01. The number of nitrogens with one attached hydrogen (secondary N) is 1. The number of nitriles is 1. The largest absolute Gasteiger partial charge is 0.497 e. The molecule has 35 heavy (non-hydrogen) atoms. The number of aromatic amines is 1. The number of allylic oxidation sites excluding steroid dienone is 1. The Morgan fingerprint density at radius 1 is 1.20 bits per heavy atom. The molecule has 10 nitrogen and oxygen atoms in total. The Bertz CT molecular complexity index is 1320. The van der Waals surface area contributed by atoms with Gasteiger partial charge in [0.15, 0.2) is 0 Å². The number of hydrogen-bond donors (Lipinski definition) is 2. The highest BCUT2D eigenvalue weighted by Gasteiger charge is 2.37. The van der Waals surface area contributed by atoms with Crippen LogP contribution in [-0.4, -0.2) is 54.6 Å². The number of amides is 1. The summed E-state index contributed by atoms with van der Waals surface area (Å²) in [7, 11) is 1.60. The van der Waals surface area contributed by atoms with Crippen molar-refractivity contribution in [3.8, 4) is 34.7 Å². The Labute approximate surface area is 201 Å². The predicted octanol–water partition coefficient (Wildman–Crippen LogP) is 3.13. The number of benzene rings is 2. The summed E-state index contributed by atoms with van der Waals surface area (Å²) < 4.78 is 22.1. The van der Waals surface area contributed by atoms with Crippen LogP contribution in [0.3, 0.4) is 0 Å². The molecule has 0 spiro atoms. The maximum Gasteiger partial charge on any atom is 0.415 e. The first-order chi connectivity index (χ1) is 17.1. The van der Waals surface area contributed by atoms with Gasteiger partial charge in [-0.15, -0.1) is 5.10 Å². The van der Waals surface area contributed by atoms with E-state index in [1.165, 1.54) is 0 Å². The highest BCUT2D eigenvalue weighted by atomic mass is 16.6. The van der Waals surface area contributed by atoms with Crippen LogP contribution in [0.15, 0.2) is 60.0 Å². The summed E-state index contributed by atoms with van der Waals surface area (Å²) in [5, 5.41) is 17.3. The molecule has 2 aliphatic heterocycles. The summed E-state index contributed by atoms with van der Waals surface area (Å²) in [4.78, 5) is 14.4. The molecular weight excluding hydrogens is 450 g/mol. The lowest BCUT2D eigenvalue weighted by atomic mass is 9.82. The van der Waals surface area contributed by atoms with Gasteiger partial charge >= 0.3 is 6.09 Å². The zero-order chi connectivity index (χ0) is 24.4. The number of hydrogen-bond acceptors (Lipinski definition) is 8. The number of ether oxygens (including phenoxy) is 4. The van der Waals surface area contributed by atoms with Crippen molar-refractivity contribution in [3.63, 3.8) is 0 Å². The van der Waals surface area contributed by atoms with Crippen molar-refractivity contribution < 1.29 is 23.7 Å². The zero-order valence-electron chi connectivity index (χ0n) is 19.0. The molecule has 5 rings (SSSR count). The first-order valence-electron chi connectivity index (χ1n) is 11.0. The van der Waals surface area contributed by atoms with E-state index >= 15 is 0 Å². The monoisotopic (exact) mass is 473 g/mol. The summed E-state index contributed by atoms with van der Waals surface area (Å²) in [6, 6.07) is 16.7. The number of carbonyl (C=O) groups excluding carboxylic acids is 1. The molecule has 1 atom stereocenters. The number of nitrogens with zero attached hydrogens (tertiary/aromatic N) is 3. The van der Waals surface area contributed by atoms with Crippen molar-refractivity contribution in [3.05, 3.63) is 71.1 Å². The number of nitrogens with two attached hydrogens (primary N) is 1. The molecule has 0 radical (unpaired) electrons. The quantitative estimate of drug-likeness (QED) is 0.590. The fourth-order valence-corrected chi connectivity index (χ4v) is 4.25. The Kier molecular flexibility index (Phi) is 5.99. The summed E-state index contributed by atoms with van der Waals surface area (Å²) >= 11 is 0. The van der Waals surface area contributed by atoms with Gasteiger partial charge in [-0.05, 0) is 30.3 Å². The number of rotatable bonds is 4. The molecule has 2 aromatic carbocycles. The second kappa shape index (κ2) is 9.40. The van der Waals surface area contributed by atoms with E-state index in [0.29, 0.717) is 54.6 Å². The van der Waals surface area contributed by atoms with Gasteiger partial charge in [0.2, 0.25) is 11.8 Å². The van der Waals surface area contributed by atoms with Crippen LogP contribution in [0, 0.1) is 11.3 Å². The van der Waals surface area contributed by atoms with Crippen LogP contribution in [0.2, 0.25) is 0 Å². The molecule has 0 aliphatic carbocycles. The lowest BCUT2D eigenvalue weighted by Gasteiger charge is -2.28. The molecule has 1 saturated heterocycles. The van der Waals surface area contributed by atoms with E-state index in [-0.39, 0.29) is 17.3 Å². The van der Waals surface area contributed by atoms with E-state index in [1.807, 2.05) is 30.3 Å². The maximum absolute atomic E-state index is 12.9. The summed E-state index contributed by atoms with van der Waals surface area (Å²) in [5.74, 6) is 0.563. The van der Waals surface area contributed by atoms with Crippen molar-refractivity contribution in [2.75, 3.05) is 33.4 Å². The van der Waals surface area contributed by atoms with Crippen LogP contribution >= 0.6 is 0 Å². The number of fused-ring (bicyclic) bond motifs is 1. The molecule has 178 valence electrons. The molecule has 0 saturated carbocycles. The number of aromatic nitrogens is 2. The topological polar surface area (TPSA) is 136 Å². The first-order valence-corrected chi connectivity index (χ1v) is 11.0. The summed E-state index contributed by atoms with van der Waals surface area (Å²) in [5.41, 5.74) is 9.00. The SMILES string of the molecule is COc1ccc(-c2[nH]nc3c2[C@H](c2ccccc2OC(=O)N2CCOCC2)C(C#N)=C(N)O3)cc1. The summed E-state index contributed by atoms with van der Waals surface area (Å²) in [6.45, 7) is 1.81. The third-order valence-electron chi connectivity index (χ3n) is 6.01. The zero-order valence-corrected chi connectivity index (χ0v) is 19.0. The normalized spacial score (nSPS) is 17.3. The van der Waals surface area contributed by atoms with Gasteiger partial charge in [0.1, 0.15) is 23.1 Å². The molecular formula is C25H23N5O5. The van der Waals surface area contributed by atoms with E-state index in [1.54, 1.807) is 30.2 Å². The van der Waals surface area contributed by atoms with Gasteiger partial charge in [-0.3, -0.25) is 5.10 Å². The molecule has 3 heterocycles. The lowest BCUT2D eigenvalue weighted by molar-refractivity contribution is 0.0415. The van der Waals surface area contributed by atoms with Crippen molar-refractivity contribution in [2.24, 2.45) is 5.73 Å². The second-order valence-electron chi connectivity index (χ2n) is 7.98. The van der Waals surface area contributed by atoms with Crippen LogP contribution in [0.1, 0.15) is 17.0 Å². The molecule has 0 bridgehead atoms. The molecule has 10 heteroatoms. The average molecular weight is 473 g/mol. The van der Waals surface area contributed by atoms with Crippen LogP contribution in [0.5, 0.6) is 17.4 Å². The van der Waals surface area contributed by atoms with Crippen LogP contribution in [-0.2, 0) is 4.74 Å². The number of para-hydroxylation sites is 1. The van der Waals surface area contributed by atoms with E-state index in [9.17, 15) is 10.1 Å². The van der Waals surface area contributed by atoms with E-state index < -0.39 is 12.0 Å². The van der Waals surface area contributed by atoms with Crippen molar-refractivity contribution in [1.82, 2.24) is 15.1 Å². The molecule has 1 fully saturated rings. The van der Waals surface area contributed by atoms with E-state index in [2.05, 4.69) is 16.3 Å². The Hall–Kier alpha value is -4.49. The predicted molar refractivity (Wildman–Crippen MR) is 125 cm³/mol.